The topological polar surface area (TPSA) is 61.4 Å². The highest BCUT2D eigenvalue weighted by Gasteiger charge is 2.09. The fraction of sp³-hybridized carbons (Fsp3) is 0.188. The first-order valence-electron chi connectivity index (χ1n) is 6.62. The van der Waals surface area contributed by atoms with Gasteiger partial charge in [0, 0.05) is 25.0 Å². The molecule has 2 aromatic carbocycles. The number of benzene rings is 2. The molecule has 1 amide bonds. The van der Waals surface area contributed by atoms with Gasteiger partial charge in [0.1, 0.15) is 0 Å². The van der Waals surface area contributed by atoms with E-state index in [9.17, 15) is 4.79 Å². The molecule has 0 aliphatic rings. The smallest absolute Gasteiger partial charge is 0.252 e. The lowest BCUT2D eigenvalue weighted by Crippen LogP contribution is -2.18. The zero-order valence-electron chi connectivity index (χ0n) is 11.7. The first-order chi connectivity index (χ1) is 10.1. The monoisotopic (exact) mass is 304 g/mol. The second-order valence-electron chi connectivity index (χ2n) is 4.57. The van der Waals surface area contributed by atoms with Gasteiger partial charge in [0.25, 0.3) is 5.91 Å². The lowest BCUT2D eigenvalue weighted by atomic mass is 10.1. The fourth-order valence-corrected chi connectivity index (χ4v) is 2.23. The van der Waals surface area contributed by atoms with Crippen molar-refractivity contribution in [3.05, 3.63) is 58.6 Å². The van der Waals surface area contributed by atoms with E-state index < -0.39 is 0 Å². The summed E-state index contributed by atoms with van der Waals surface area (Å²) >= 11 is 6.11. The number of carbonyl (C=O) groups is 1. The molecule has 0 atom stereocenters. The molecule has 4 nitrogen and oxygen atoms in total. The number of aliphatic hydroxyl groups excluding tert-OH is 1. The number of rotatable bonds is 5. The van der Waals surface area contributed by atoms with Gasteiger partial charge in [-0.25, -0.2) is 0 Å². The van der Waals surface area contributed by atoms with E-state index in [1.165, 1.54) is 0 Å². The fourth-order valence-electron chi connectivity index (χ4n) is 1.96. The largest absolute Gasteiger partial charge is 0.396 e. The third-order valence-electron chi connectivity index (χ3n) is 3.08. The first kappa shape index (κ1) is 15.4. The van der Waals surface area contributed by atoms with Crippen LogP contribution in [-0.2, 0) is 6.42 Å². The van der Waals surface area contributed by atoms with Crippen LogP contribution in [0, 0.1) is 0 Å². The van der Waals surface area contributed by atoms with Crippen LogP contribution >= 0.6 is 11.6 Å². The van der Waals surface area contributed by atoms with Gasteiger partial charge in [-0.3, -0.25) is 4.79 Å². The maximum absolute atomic E-state index is 11.6. The molecule has 110 valence electrons. The van der Waals surface area contributed by atoms with E-state index in [1.807, 2.05) is 24.3 Å². The molecule has 0 fully saturated rings. The highest BCUT2D eigenvalue weighted by Crippen LogP contribution is 2.24. The third-order valence-corrected chi connectivity index (χ3v) is 3.40. The Balaban J connectivity index is 2.12. The Kier molecular flexibility index (Phi) is 5.20. The summed E-state index contributed by atoms with van der Waals surface area (Å²) in [7, 11) is 1.57. The lowest BCUT2D eigenvalue weighted by Gasteiger charge is -2.09. The summed E-state index contributed by atoms with van der Waals surface area (Å²) in [5, 5.41) is 15.0. The van der Waals surface area contributed by atoms with Gasteiger partial charge < -0.3 is 15.7 Å². The Labute approximate surface area is 128 Å². The van der Waals surface area contributed by atoms with Crippen LogP contribution in [0.5, 0.6) is 0 Å². The van der Waals surface area contributed by atoms with E-state index in [-0.39, 0.29) is 12.5 Å². The summed E-state index contributed by atoms with van der Waals surface area (Å²) < 4.78 is 0. The molecule has 0 aliphatic carbocycles. The average Bonchev–Trinajstić information content (AvgIpc) is 2.49. The van der Waals surface area contributed by atoms with Crippen LogP contribution in [0.4, 0.5) is 11.4 Å². The Hall–Kier alpha value is -2.04. The Morgan fingerprint density at radius 3 is 2.38 bits per heavy atom. The van der Waals surface area contributed by atoms with E-state index in [0.29, 0.717) is 17.0 Å². The number of hydrogen-bond acceptors (Lipinski definition) is 3. The summed E-state index contributed by atoms with van der Waals surface area (Å²) in [6, 6.07) is 13.0. The van der Waals surface area contributed by atoms with Gasteiger partial charge in [0.05, 0.1) is 10.6 Å². The van der Waals surface area contributed by atoms with Gasteiger partial charge in [0.15, 0.2) is 0 Å². The van der Waals surface area contributed by atoms with Crippen LogP contribution in [0.25, 0.3) is 0 Å². The highest BCUT2D eigenvalue weighted by atomic mass is 35.5. The molecular weight excluding hydrogens is 288 g/mol. The predicted molar refractivity (Wildman–Crippen MR) is 85.4 cm³/mol. The van der Waals surface area contributed by atoms with Crippen molar-refractivity contribution >= 4 is 28.9 Å². The van der Waals surface area contributed by atoms with E-state index in [2.05, 4.69) is 10.6 Å². The number of halogens is 1. The van der Waals surface area contributed by atoms with Gasteiger partial charge in [-0.2, -0.15) is 0 Å². The molecular formula is C16H17ClN2O2. The van der Waals surface area contributed by atoms with Gasteiger partial charge >= 0.3 is 0 Å². The number of hydrogen-bond donors (Lipinski definition) is 3. The first-order valence-corrected chi connectivity index (χ1v) is 7.00. The minimum absolute atomic E-state index is 0.142. The number of amides is 1. The molecule has 21 heavy (non-hydrogen) atoms. The second kappa shape index (κ2) is 7.11. The molecule has 3 N–H and O–H groups in total. The summed E-state index contributed by atoms with van der Waals surface area (Å²) in [4.78, 5) is 11.6. The summed E-state index contributed by atoms with van der Waals surface area (Å²) in [5.74, 6) is -0.208. The molecule has 0 saturated heterocycles. The predicted octanol–water partition coefficient (Wildman–Crippen LogP) is 2.98. The Bertz CT molecular complexity index is 627. The van der Waals surface area contributed by atoms with Crippen LogP contribution < -0.4 is 10.6 Å². The van der Waals surface area contributed by atoms with Crippen molar-refractivity contribution in [1.82, 2.24) is 5.32 Å². The molecule has 0 aliphatic heterocycles. The third kappa shape index (κ3) is 3.97. The van der Waals surface area contributed by atoms with Crippen molar-refractivity contribution in [2.24, 2.45) is 0 Å². The average molecular weight is 305 g/mol. The summed E-state index contributed by atoms with van der Waals surface area (Å²) in [5.41, 5.74) is 3.25. The molecule has 0 aromatic heterocycles. The molecule has 5 heteroatoms. The van der Waals surface area contributed by atoms with Gasteiger partial charge in [0.2, 0.25) is 0 Å². The molecule has 2 aromatic rings. The van der Waals surface area contributed by atoms with Crippen LogP contribution in [0.2, 0.25) is 5.02 Å². The normalized spacial score (nSPS) is 10.2. The van der Waals surface area contributed by atoms with Crippen LogP contribution in [0.3, 0.4) is 0 Å². The minimum atomic E-state index is -0.208. The van der Waals surface area contributed by atoms with Crippen molar-refractivity contribution in [3.8, 4) is 0 Å². The number of nitrogens with one attached hydrogen (secondary N) is 2. The summed E-state index contributed by atoms with van der Waals surface area (Å²) in [6.45, 7) is 0.142. The highest BCUT2D eigenvalue weighted by molar-refractivity contribution is 6.34. The van der Waals surface area contributed by atoms with E-state index in [4.69, 9.17) is 16.7 Å². The van der Waals surface area contributed by atoms with Crippen LogP contribution in [0.1, 0.15) is 15.9 Å². The van der Waals surface area contributed by atoms with Crippen molar-refractivity contribution in [3.63, 3.8) is 0 Å². The molecule has 0 radical (unpaired) electrons. The Morgan fingerprint density at radius 2 is 1.81 bits per heavy atom. The molecule has 0 saturated carbocycles. The van der Waals surface area contributed by atoms with E-state index in [0.717, 1.165) is 16.9 Å². The van der Waals surface area contributed by atoms with Crippen molar-refractivity contribution in [1.29, 1.82) is 0 Å². The maximum Gasteiger partial charge on any atom is 0.252 e. The SMILES string of the molecule is CNC(=O)c1ccc(Nc2ccc(CCO)cc2)cc1Cl. The maximum atomic E-state index is 11.6. The van der Waals surface area contributed by atoms with Crippen LogP contribution in [0.15, 0.2) is 42.5 Å². The molecule has 0 heterocycles. The van der Waals surface area contributed by atoms with E-state index >= 15 is 0 Å². The molecule has 0 unspecified atom stereocenters. The number of aliphatic hydroxyl groups is 1. The standard InChI is InChI=1S/C16H17ClN2O2/c1-18-16(21)14-7-6-13(10-15(14)17)19-12-4-2-11(3-5-12)8-9-20/h2-7,10,19-20H,8-9H2,1H3,(H,18,21). The summed E-state index contributed by atoms with van der Waals surface area (Å²) in [6.07, 6.45) is 0.646. The van der Waals surface area contributed by atoms with Gasteiger partial charge in [-0.15, -0.1) is 0 Å². The van der Waals surface area contributed by atoms with E-state index in [1.54, 1.807) is 25.2 Å². The molecule has 0 bridgehead atoms. The number of anilines is 2. The zero-order chi connectivity index (χ0) is 15.2. The van der Waals surface area contributed by atoms with Gasteiger partial charge in [-0.05, 0) is 42.3 Å². The lowest BCUT2D eigenvalue weighted by molar-refractivity contribution is 0.0963. The quantitative estimate of drug-likeness (QED) is 0.796. The van der Waals surface area contributed by atoms with Gasteiger partial charge in [-0.1, -0.05) is 23.7 Å². The van der Waals surface area contributed by atoms with Crippen molar-refractivity contribution in [2.75, 3.05) is 19.0 Å². The number of carbonyl (C=O) groups excluding carboxylic acids is 1. The molecule has 2 rings (SSSR count). The second-order valence-corrected chi connectivity index (χ2v) is 4.98. The minimum Gasteiger partial charge on any atom is -0.396 e. The molecule has 0 spiro atoms. The van der Waals surface area contributed by atoms with Crippen molar-refractivity contribution in [2.45, 2.75) is 6.42 Å². The Morgan fingerprint density at radius 1 is 1.14 bits per heavy atom. The van der Waals surface area contributed by atoms with Crippen molar-refractivity contribution < 1.29 is 9.90 Å². The zero-order valence-corrected chi connectivity index (χ0v) is 12.4. The van der Waals surface area contributed by atoms with Crippen LogP contribution in [-0.4, -0.2) is 24.7 Å².